The number of hydrogen-bond donors (Lipinski definition) is 6. The van der Waals surface area contributed by atoms with Gasteiger partial charge in [0.1, 0.15) is 18.3 Å². The molecule has 6 aromatic rings. The van der Waals surface area contributed by atoms with Gasteiger partial charge < -0.3 is 73.3 Å². The molecule has 1 aliphatic heterocycles. The number of carboxylic acid groups (broad SMARTS) is 2. The highest BCUT2D eigenvalue weighted by atomic mass is 35.5. The molecule has 33 heteroatoms. The molecule has 4 aliphatic rings. The van der Waals surface area contributed by atoms with Gasteiger partial charge in [-0.25, -0.2) is 43.7 Å². The molecule has 95 heavy (non-hydrogen) atoms. The Morgan fingerprint density at radius 1 is 0.484 bits per heavy atom. The second-order valence-corrected chi connectivity index (χ2v) is 24.0. The van der Waals surface area contributed by atoms with E-state index < -0.39 is 144 Å². The largest absolute Gasteiger partial charge is 0.479 e. The Balaban J connectivity index is 0.000000184. The van der Waals surface area contributed by atoms with Crippen LogP contribution in [0.2, 0.25) is 15.1 Å². The van der Waals surface area contributed by atoms with E-state index in [4.69, 9.17) is 87.6 Å². The Morgan fingerprint density at radius 3 is 1.13 bits per heavy atom. The molecule has 514 valence electrons. The number of aliphatic hydroxyl groups excluding tert-OH is 4. The van der Waals surface area contributed by atoms with Crippen LogP contribution >= 0.6 is 34.8 Å². The summed E-state index contributed by atoms with van der Waals surface area (Å²) in [5.41, 5.74) is 0.0708. The van der Waals surface area contributed by atoms with Gasteiger partial charge in [-0.3, -0.25) is 28.1 Å². The Morgan fingerprint density at radius 2 is 0.789 bits per heavy atom. The van der Waals surface area contributed by atoms with Crippen LogP contribution in [0.3, 0.4) is 0 Å². The number of aliphatic hydroxyl groups is 4. The number of carboxylic acids is 2. The number of aliphatic carboxylic acids is 2. The quantitative estimate of drug-likeness (QED) is 0.0322. The fourth-order valence-corrected chi connectivity index (χ4v) is 12.7. The standard InChI is InChI=1S/C24H29ClN2O8.C21H25ClN2O8.C17H17ClN2O8/c1-5-31-22(29)20(23(30)32-6-2)33-11-13-10-16(19-18(13)34-24(3,4)35-19)27-12-26-15-9-7-8-14(25)17(15)21(27)28;1-3-30-20(28)18(21(29)31-4-2)32-9-11-8-14(17(26)16(11)25)24-10-23-13-7-5-6-12(22)15(13)19(24)27;18-8-2-1-3-9-11(8)15(23)20(6-19-9)10-4-7(12(21)13(10)22)5-28-14(16(24)25)17(26)27/h7-9,12-13,16,18-20H,5-6,10-11H2,1-4H3;5-7,10-11,14,16-18,25-26H,3-4,8-9H2,1-2H3;1-3,6-7,10,12-14,21-22H,4-5H2,(H,24,25)(H,26,27)/t13-,16-,18-,19+;11-,14-,16-,17+;7-,10-,12-,13+/m111/s1. The van der Waals surface area contributed by atoms with Gasteiger partial charge in [-0.1, -0.05) is 53.0 Å². The molecule has 10 rings (SSSR count). The predicted molar refractivity (Wildman–Crippen MR) is 333 cm³/mol. The van der Waals surface area contributed by atoms with Crippen molar-refractivity contribution in [1.29, 1.82) is 0 Å². The smallest absolute Gasteiger partial charge is 0.347 e. The highest BCUT2D eigenvalue weighted by Gasteiger charge is 2.55. The molecule has 3 saturated carbocycles. The first-order valence-corrected chi connectivity index (χ1v) is 31.3. The number of nitrogens with zero attached hydrogens (tertiary/aromatic N) is 6. The van der Waals surface area contributed by atoms with Crippen molar-refractivity contribution in [2.75, 3.05) is 46.2 Å². The Bertz CT molecular complexity index is 3930. The number of carbonyl (C=O) groups excluding carboxylic acids is 4. The van der Waals surface area contributed by atoms with Crippen molar-refractivity contribution in [2.45, 2.75) is 140 Å². The second kappa shape index (κ2) is 32.0. The minimum absolute atomic E-state index is 0.00405. The molecule has 4 heterocycles. The molecule has 1 saturated heterocycles. The monoisotopic (exact) mass is 1390 g/mol. The summed E-state index contributed by atoms with van der Waals surface area (Å²) < 4.78 is 51.9. The average molecular weight is 1390 g/mol. The lowest BCUT2D eigenvalue weighted by Gasteiger charge is -2.25. The van der Waals surface area contributed by atoms with E-state index in [0.29, 0.717) is 33.4 Å². The summed E-state index contributed by atoms with van der Waals surface area (Å²) in [6.07, 6.45) is -6.75. The summed E-state index contributed by atoms with van der Waals surface area (Å²) in [7, 11) is 0. The molecular formula is C62H71Cl3N6O24. The van der Waals surface area contributed by atoms with Crippen molar-refractivity contribution in [3.05, 3.63) is 120 Å². The first-order valence-electron chi connectivity index (χ1n) is 30.2. The third-order valence-corrected chi connectivity index (χ3v) is 17.3. The van der Waals surface area contributed by atoms with Crippen molar-refractivity contribution in [3.8, 4) is 0 Å². The fourth-order valence-electron chi connectivity index (χ4n) is 11.9. The topological polar surface area (TPSA) is 412 Å². The first kappa shape index (κ1) is 73.2. The molecule has 3 aromatic carbocycles. The van der Waals surface area contributed by atoms with Gasteiger partial charge in [0.15, 0.2) is 5.79 Å². The van der Waals surface area contributed by atoms with Crippen LogP contribution in [0.25, 0.3) is 32.7 Å². The van der Waals surface area contributed by atoms with Crippen LogP contribution < -0.4 is 16.7 Å². The first-order chi connectivity index (χ1) is 45.2. The minimum Gasteiger partial charge on any atom is -0.479 e. The maximum atomic E-state index is 13.4. The molecule has 0 radical (unpaired) electrons. The fraction of sp³-hybridized carbons (Fsp3) is 0.516. The van der Waals surface area contributed by atoms with Crippen molar-refractivity contribution in [2.24, 2.45) is 17.8 Å². The molecule has 6 N–H and O–H groups in total. The Hall–Kier alpha value is -7.59. The lowest BCUT2D eigenvalue weighted by molar-refractivity contribution is -0.179. The van der Waals surface area contributed by atoms with Crippen LogP contribution in [-0.2, 0) is 71.4 Å². The van der Waals surface area contributed by atoms with Crippen LogP contribution in [0, 0.1) is 17.8 Å². The lowest BCUT2D eigenvalue weighted by atomic mass is 10.1. The van der Waals surface area contributed by atoms with Crippen molar-refractivity contribution in [3.63, 3.8) is 0 Å². The zero-order chi connectivity index (χ0) is 69.3. The van der Waals surface area contributed by atoms with Crippen LogP contribution in [0.4, 0.5) is 0 Å². The second-order valence-electron chi connectivity index (χ2n) is 22.8. The van der Waals surface area contributed by atoms with Gasteiger partial charge in [-0.05, 0) is 97.2 Å². The van der Waals surface area contributed by atoms with Gasteiger partial charge in [0.2, 0.25) is 0 Å². The van der Waals surface area contributed by atoms with E-state index in [2.05, 4.69) is 15.0 Å². The van der Waals surface area contributed by atoms with E-state index in [9.17, 15) is 63.6 Å². The van der Waals surface area contributed by atoms with Gasteiger partial charge >= 0.3 is 35.8 Å². The molecule has 30 nitrogen and oxygen atoms in total. The van der Waals surface area contributed by atoms with E-state index in [1.54, 1.807) is 90.1 Å². The van der Waals surface area contributed by atoms with E-state index in [1.807, 2.05) is 0 Å². The number of benzene rings is 3. The highest BCUT2D eigenvalue weighted by molar-refractivity contribution is 6.36. The van der Waals surface area contributed by atoms with Gasteiger partial charge in [0, 0.05) is 17.8 Å². The van der Waals surface area contributed by atoms with Crippen LogP contribution in [0.5, 0.6) is 0 Å². The average Bonchev–Trinajstić information content (AvgIpc) is 1.65. The molecular weight excluding hydrogens is 1320 g/mol. The number of fused-ring (bicyclic) bond motifs is 4. The van der Waals surface area contributed by atoms with Gasteiger partial charge in [-0.15, -0.1) is 0 Å². The van der Waals surface area contributed by atoms with E-state index in [0.717, 1.165) is 4.57 Å². The number of rotatable bonds is 22. The summed E-state index contributed by atoms with van der Waals surface area (Å²) in [5.74, 6) is -9.42. The molecule has 0 bridgehead atoms. The number of carbonyl (C=O) groups is 6. The SMILES string of the molecule is CCOC(=O)C(OC[C@H]1C[C@@H](n2cnc3cccc(Cl)c3c2=O)[C@@H]2OC(C)(C)O[C@H]12)C(=O)OCC.CCOC(=O)C(OC[C@H]1C[C@@H](n2cnc3cccc(Cl)c3c2=O)[C@H](O)[C@@H]1O)C(=O)OCC.O=C(O)C(OC[C@H]1C[C@@H](n2cnc3cccc(Cl)c3c2=O)[C@H](O)[C@@H]1O)C(=O)O. The highest BCUT2D eigenvalue weighted by Crippen LogP contribution is 2.47. The van der Waals surface area contributed by atoms with Gasteiger partial charge in [-0.2, -0.15) is 0 Å². The zero-order valence-electron chi connectivity index (χ0n) is 52.0. The number of esters is 4. The summed E-state index contributed by atoms with van der Waals surface area (Å²) in [6.45, 7) is 9.65. The van der Waals surface area contributed by atoms with Crippen LogP contribution in [0.15, 0.2) is 88.0 Å². The van der Waals surface area contributed by atoms with Gasteiger partial charge in [0.05, 0.1) is 149 Å². The third kappa shape index (κ3) is 16.3. The molecule has 12 atom stereocenters. The third-order valence-electron chi connectivity index (χ3n) is 16.3. The maximum Gasteiger partial charge on any atom is 0.347 e. The molecule has 4 fully saturated rings. The predicted octanol–water partition coefficient (Wildman–Crippen LogP) is 3.37. The van der Waals surface area contributed by atoms with Crippen molar-refractivity contribution < 1.29 is 102 Å². The zero-order valence-corrected chi connectivity index (χ0v) is 54.3. The maximum absolute atomic E-state index is 13.4. The van der Waals surface area contributed by atoms with E-state index in [-0.39, 0.29) is 84.8 Å². The molecule has 0 amide bonds. The normalized spacial score (nSPS) is 24.3. The van der Waals surface area contributed by atoms with E-state index in [1.165, 1.54) is 34.2 Å². The van der Waals surface area contributed by atoms with Crippen molar-refractivity contribution >= 4 is 103 Å². The molecule has 0 unspecified atom stereocenters. The minimum atomic E-state index is -2.09. The van der Waals surface area contributed by atoms with Crippen molar-refractivity contribution in [1.82, 2.24) is 28.7 Å². The summed E-state index contributed by atoms with van der Waals surface area (Å²) in [5, 5.41) is 60.9. The summed E-state index contributed by atoms with van der Waals surface area (Å²) >= 11 is 18.5. The molecule has 3 aromatic heterocycles. The molecule has 0 spiro atoms. The van der Waals surface area contributed by atoms with E-state index >= 15 is 0 Å². The Kier molecular flexibility index (Phi) is 24.6. The van der Waals surface area contributed by atoms with Crippen LogP contribution in [0.1, 0.15) is 78.9 Å². The summed E-state index contributed by atoms with van der Waals surface area (Å²) in [6, 6.07) is 12.7. The van der Waals surface area contributed by atoms with Gasteiger partial charge in [0.25, 0.3) is 35.0 Å². The number of halogens is 3. The Labute approximate surface area is 555 Å². The lowest BCUT2D eigenvalue weighted by Crippen LogP contribution is -2.39. The summed E-state index contributed by atoms with van der Waals surface area (Å²) in [4.78, 5) is 122. The number of aromatic nitrogens is 6. The molecule has 3 aliphatic carbocycles. The van der Waals surface area contributed by atoms with Crippen LogP contribution in [-0.4, -0.2) is 202 Å². The number of ether oxygens (including phenoxy) is 9. The number of hydrogen-bond acceptors (Lipinski definition) is 25.